The summed E-state index contributed by atoms with van der Waals surface area (Å²) < 4.78 is 2.25. The fourth-order valence-corrected chi connectivity index (χ4v) is 9.50. The summed E-state index contributed by atoms with van der Waals surface area (Å²) in [5.41, 5.74) is 18.6. The van der Waals surface area contributed by atoms with Crippen molar-refractivity contribution in [3.63, 3.8) is 0 Å². The average Bonchev–Trinajstić information content (AvgIpc) is 3.87. The van der Waals surface area contributed by atoms with Gasteiger partial charge in [-0.1, -0.05) is 188 Å². The van der Waals surface area contributed by atoms with Gasteiger partial charge in [0.25, 0.3) is 0 Å². The fraction of sp³-hybridized carbons (Fsp3) is 0.0175. The highest BCUT2D eigenvalue weighted by molar-refractivity contribution is 6.02. The second-order valence-electron chi connectivity index (χ2n) is 15.4. The summed E-state index contributed by atoms with van der Waals surface area (Å²) in [5.74, 6) is 0.908. The van der Waals surface area contributed by atoms with Crippen molar-refractivity contribution in [1.82, 2.24) is 9.55 Å². The Hall–Kier alpha value is -8.06. The zero-order chi connectivity index (χ0) is 40.0. The highest BCUT2D eigenvalue weighted by Crippen LogP contribution is 2.59. The van der Waals surface area contributed by atoms with Crippen LogP contribution in [0.1, 0.15) is 27.8 Å². The molecule has 3 heteroatoms. The van der Waals surface area contributed by atoms with E-state index in [0.29, 0.717) is 5.56 Å². The first-order chi connectivity index (χ1) is 29.7. The molecule has 0 bridgehead atoms. The van der Waals surface area contributed by atoms with E-state index in [1.807, 2.05) is 36.4 Å². The quantitative estimate of drug-likeness (QED) is 0.162. The summed E-state index contributed by atoms with van der Waals surface area (Å²) in [4.78, 5) is 5.16. The standard InChI is InChI=1S/C57H37N3/c58-38-39-24-26-40(27-25-39)41-28-32-43(33-29-41)54-48(42-30-34-44(35-31-42)56-59-52-22-12-13-23-53(52)60(56)47-18-8-3-9-19-47)36-37-51-55(54)49-20-10-11-21-50(49)57(51,45-14-4-1-5-15-45)46-16-6-2-7-17-46/h1-37H. The van der Waals surface area contributed by atoms with Gasteiger partial charge in [-0.25, -0.2) is 4.98 Å². The van der Waals surface area contributed by atoms with Gasteiger partial charge < -0.3 is 0 Å². The third-order valence-corrected chi connectivity index (χ3v) is 12.2. The van der Waals surface area contributed by atoms with E-state index in [2.05, 4.69) is 199 Å². The zero-order valence-corrected chi connectivity index (χ0v) is 32.7. The number of nitriles is 1. The van der Waals surface area contributed by atoms with Crippen LogP contribution in [0, 0.1) is 11.3 Å². The number of fused-ring (bicyclic) bond motifs is 4. The number of nitrogens with zero attached hydrogens (tertiary/aromatic N) is 3. The van der Waals surface area contributed by atoms with Crippen molar-refractivity contribution in [3.8, 4) is 67.7 Å². The first kappa shape index (κ1) is 35.1. The molecule has 1 aliphatic rings. The summed E-state index contributed by atoms with van der Waals surface area (Å²) in [5, 5.41) is 9.42. The van der Waals surface area contributed by atoms with Crippen molar-refractivity contribution in [2.45, 2.75) is 5.41 Å². The van der Waals surface area contributed by atoms with Gasteiger partial charge in [0.1, 0.15) is 5.82 Å². The van der Waals surface area contributed by atoms with Crippen LogP contribution in [-0.4, -0.2) is 9.55 Å². The molecule has 1 aliphatic carbocycles. The zero-order valence-electron chi connectivity index (χ0n) is 32.7. The second-order valence-corrected chi connectivity index (χ2v) is 15.4. The predicted octanol–water partition coefficient (Wildman–Crippen LogP) is 13.9. The molecular weight excluding hydrogens is 727 g/mol. The highest BCUT2D eigenvalue weighted by Gasteiger charge is 2.47. The molecule has 0 amide bonds. The number of aromatic nitrogens is 2. The first-order valence-electron chi connectivity index (χ1n) is 20.4. The molecule has 1 aromatic heterocycles. The van der Waals surface area contributed by atoms with Gasteiger partial charge in [-0.2, -0.15) is 5.26 Å². The van der Waals surface area contributed by atoms with E-state index in [1.54, 1.807) is 0 Å². The Morgan fingerprint density at radius 2 is 0.933 bits per heavy atom. The van der Waals surface area contributed by atoms with Gasteiger partial charge in [0, 0.05) is 11.3 Å². The number of hydrogen-bond acceptors (Lipinski definition) is 2. The van der Waals surface area contributed by atoms with Crippen LogP contribution in [0.5, 0.6) is 0 Å². The number of hydrogen-bond donors (Lipinski definition) is 0. The molecule has 0 spiro atoms. The van der Waals surface area contributed by atoms with Crippen LogP contribution >= 0.6 is 0 Å². The van der Waals surface area contributed by atoms with E-state index >= 15 is 0 Å². The van der Waals surface area contributed by atoms with Crippen molar-refractivity contribution in [3.05, 3.63) is 252 Å². The minimum Gasteiger partial charge on any atom is -0.292 e. The SMILES string of the molecule is N#Cc1ccc(-c2ccc(-c3c(-c4ccc(-c5nc6ccccc6n5-c5ccccc5)cc4)ccc4c3-c3ccccc3C4(c3ccccc3)c3ccccc3)cc2)cc1. The molecule has 0 radical (unpaired) electrons. The third-order valence-electron chi connectivity index (χ3n) is 12.2. The van der Waals surface area contributed by atoms with Gasteiger partial charge in [-0.3, -0.25) is 4.57 Å². The Morgan fingerprint density at radius 3 is 1.60 bits per heavy atom. The average molecular weight is 764 g/mol. The van der Waals surface area contributed by atoms with Crippen molar-refractivity contribution in [2.24, 2.45) is 0 Å². The molecule has 11 rings (SSSR count). The Kier molecular flexibility index (Phi) is 8.43. The first-order valence-corrected chi connectivity index (χ1v) is 20.4. The van der Waals surface area contributed by atoms with Crippen LogP contribution < -0.4 is 0 Å². The maximum atomic E-state index is 9.42. The fourth-order valence-electron chi connectivity index (χ4n) is 9.50. The smallest absolute Gasteiger partial charge is 0.145 e. The highest BCUT2D eigenvalue weighted by atomic mass is 15.1. The molecule has 0 saturated heterocycles. The van der Waals surface area contributed by atoms with E-state index in [9.17, 15) is 5.26 Å². The minimum absolute atomic E-state index is 0.523. The Labute approximate surface area is 349 Å². The number of rotatable bonds is 7. The lowest BCUT2D eigenvalue weighted by molar-refractivity contribution is 0.768. The molecule has 9 aromatic carbocycles. The molecule has 60 heavy (non-hydrogen) atoms. The lowest BCUT2D eigenvalue weighted by Gasteiger charge is -2.34. The largest absolute Gasteiger partial charge is 0.292 e. The van der Waals surface area contributed by atoms with Gasteiger partial charge >= 0.3 is 0 Å². The number of imidazole rings is 1. The van der Waals surface area contributed by atoms with Crippen LogP contribution in [0.4, 0.5) is 0 Å². The molecule has 0 aliphatic heterocycles. The Morgan fingerprint density at radius 1 is 0.400 bits per heavy atom. The van der Waals surface area contributed by atoms with E-state index in [1.165, 1.54) is 38.9 Å². The minimum atomic E-state index is -0.523. The molecule has 3 nitrogen and oxygen atoms in total. The lowest BCUT2D eigenvalue weighted by Crippen LogP contribution is -2.28. The van der Waals surface area contributed by atoms with Crippen molar-refractivity contribution >= 4 is 11.0 Å². The van der Waals surface area contributed by atoms with Gasteiger partial charge in [-0.15, -0.1) is 0 Å². The molecule has 0 unspecified atom stereocenters. The maximum absolute atomic E-state index is 9.42. The van der Waals surface area contributed by atoms with E-state index in [4.69, 9.17) is 4.98 Å². The summed E-state index contributed by atoms with van der Waals surface area (Å²) in [6.07, 6.45) is 0. The van der Waals surface area contributed by atoms with E-state index < -0.39 is 5.41 Å². The van der Waals surface area contributed by atoms with Crippen LogP contribution in [-0.2, 0) is 5.41 Å². The lowest BCUT2D eigenvalue weighted by atomic mass is 9.67. The van der Waals surface area contributed by atoms with Crippen LogP contribution in [0.3, 0.4) is 0 Å². The van der Waals surface area contributed by atoms with Crippen LogP contribution in [0.15, 0.2) is 224 Å². The number of para-hydroxylation sites is 3. The molecule has 1 heterocycles. The summed E-state index contributed by atoms with van der Waals surface area (Å²) >= 11 is 0. The molecule has 280 valence electrons. The van der Waals surface area contributed by atoms with Crippen molar-refractivity contribution in [2.75, 3.05) is 0 Å². The molecule has 0 saturated carbocycles. The molecular formula is C57H37N3. The van der Waals surface area contributed by atoms with Gasteiger partial charge in [0.15, 0.2) is 0 Å². The maximum Gasteiger partial charge on any atom is 0.145 e. The summed E-state index contributed by atoms with van der Waals surface area (Å²) in [6.45, 7) is 0. The number of benzene rings is 9. The molecule has 0 atom stereocenters. The predicted molar refractivity (Wildman–Crippen MR) is 245 cm³/mol. The third kappa shape index (κ3) is 5.54. The molecule has 10 aromatic rings. The monoisotopic (exact) mass is 763 g/mol. The summed E-state index contributed by atoms with van der Waals surface area (Å²) in [6, 6.07) is 82.4. The van der Waals surface area contributed by atoms with E-state index in [-0.39, 0.29) is 0 Å². The van der Waals surface area contributed by atoms with E-state index in [0.717, 1.165) is 55.9 Å². The second kappa shape index (κ2) is 14.4. The Bertz CT molecular complexity index is 3170. The topological polar surface area (TPSA) is 41.6 Å². The van der Waals surface area contributed by atoms with Crippen molar-refractivity contribution < 1.29 is 0 Å². The van der Waals surface area contributed by atoms with Gasteiger partial charge in [-0.05, 0) is 103 Å². The molecule has 0 N–H and O–H groups in total. The Balaban J connectivity index is 1.14. The normalized spacial score (nSPS) is 12.4. The van der Waals surface area contributed by atoms with Gasteiger partial charge in [0.2, 0.25) is 0 Å². The van der Waals surface area contributed by atoms with Crippen molar-refractivity contribution in [1.29, 1.82) is 5.26 Å². The molecule has 0 fully saturated rings. The van der Waals surface area contributed by atoms with Crippen LogP contribution in [0.25, 0.3) is 72.6 Å². The summed E-state index contributed by atoms with van der Waals surface area (Å²) in [7, 11) is 0. The van der Waals surface area contributed by atoms with Gasteiger partial charge in [0.05, 0.1) is 28.1 Å². The van der Waals surface area contributed by atoms with Crippen LogP contribution in [0.2, 0.25) is 0 Å².